The number of hydrogen-bond donors (Lipinski definition) is 2. The first-order chi connectivity index (χ1) is 15.0. The number of amides is 1. The summed E-state index contributed by atoms with van der Waals surface area (Å²) in [6, 6.07) is 12.6. The molecule has 0 bridgehead atoms. The molecule has 0 atom stereocenters. The summed E-state index contributed by atoms with van der Waals surface area (Å²) in [5.41, 5.74) is 0.924. The molecule has 1 aliphatic rings. The quantitative estimate of drug-likeness (QED) is 0.577. The fraction of sp³-hybridized carbons (Fsp3) is 0.238. The molecule has 2 aromatic heterocycles. The Bertz CT molecular complexity index is 1120. The van der Waals surface area contributed by atoms with Crippen LogP contribution in [-0.2, 0) is 21.3 Å². The monoisotopic (exact) mass is 442 g/mol. The van der Waals surface area contributed by atoms with Crippen LogP contribution in [0.2, 0.25) is 0 Å². The van der Waals surface area contributed by atoms with E-state index in [2.05, 4.69) is 19.9 Å². The van der Waals surface area contributed by atoms with Gasteiger partial charge in [-0.2, -0.15) is 0 Å². The zero-order valence-electron chi connectivity index (χ0n) is 16.7. The van der Waals surface area contributed by atoms with Crippen LogP contribution in [0.5, 0.6) is 0 Å². The molecule has 162 valence electrons. The van der Waals surface area contributed by atoms with Gasteiger partial charge in [0, 0.05) is 24.8 Å². The third-order valence-electron chi connectivity index (χ3n) is 4.79. The molecule has 1 aromatic carbocycles. The van der Waals surface area contributed by atoms with Crippen LogP contribution in [0.25, 0.3) is 0 Å². The topological polar surface area (TPSA) is 114 Å². The number of benzene rings is 1. The fourth-order valence-corrected chi connectivity index (χ4v) is 4.16. The molecule has 9 nitrogen and oxygen atoms in total. The summed E-state index contributed by atoms with van der Waals surface area (Å²) < 4.78 is 37.9. The first-order valence-electron chi connectivity index (χ1n) is 9.74. The van der Waals surface area contributed by atoms with Gasteiger partial charge in [-0.1, -0.05) is 0 Å². The Labute approximate surface area is 180 Å². The number of nitrogens with zero attached hydrogens (tertiary/aromatic N) is 2. The first kappa shape index (κ1) is 21.0. The highest BCUT2D eigenvalue weighted by atomic mass is 32.2. The summed E-state index contributed by atoms with van der Waals surface area (Å²) in [6.45, 7) is 2.64. The van der Waals surface area contributed by atoms with E-state index in [4.69, 9.17) is 9.15 Å². The van der Waals surface area contributed by atoms with Gasteiger partial charge < -0.3 is 19.4 Å². The van der Waals surface area contributed by atoms with Crippen LogP contribution in [0.15, 0.2) is 70.3 Å². The number of morpholine rings is 1. The lowest BCUT2D eigenvalue weighted by atomic mass is 10.2. The Morgan fingerprint density at radius 3 is 2.55 bits per heavy atom. The third-order valence-corrected chi connectivity index (χ3v) is 6.21. The fourth-order valence-electron chi connectivity index (χ4n) is 3.16. The third kappa shape index (κ3) is 5.10. The van der Waals surface area contributed by atoms with Gasteiger partial charge in [-0.25, -0.2) is 18.1 Å². The number of carbonyl (C=O) groups excluding carboxylic acids is 1. The molecular weight excluding hydrogens is 420 g/mol. The Morgan fingerprint density at radius 2 is 1.84 bits per heavy atom. The molecule has 1 fully saturated rings. The van der Waals surface area contributed by atoms with Gasteiger partial charge in [0.2, 0.25) is 10.0 Å². The molecule has 4 rings (SSSR count). The average Bonchev–Trinajstić information content (AvgIpc) is 3.33. The van der Waals surface area contributed by atoms with Crippen LogP contribution in [0.4, 0.5) is 11.5 Å². The lowest BCUT2D eigenvalue weighted by molar-refractivity contribution is 0.102. The zero-order chi connectivity index (χ0) is 21.7. The van der Waals surface area contributed by atoms with Crippen molar-refractivity contribution in [2.45, 2.75) is 11.4 Å². The largest absolute Gasteiger partial charge is 0.468 e. The van der Waals surface area contributed by atoms with Gasteiger partial charge in [0.1, 0.15) is 5.76 Å². The molecule has 0 spiro atoms. The second kappa shape index (κ2) is 9.29. The van der Waals surface area contributed by atoms with Crippen LogP contribution in [0, 0.1) is 0 Å². The maximum atomic E-state index is 12.7. The number of hydrogen-bond acceptors (Lipinski definition) is 7. The first-order valence-corrected chi connectivity index (χ1v) is 11.2. The molecule has 3 heterocycles. The van der Waals surface area contributed by atoms with E-state index in [1.807, 2.05) is 0 Å². The molecular formula is C21H22N4O5S. The summed E-state index contributed by atoms with van der Waals surface area (Å²) in [6.07, 6.45) is 3.15. The molecule has 0 unspecified atom stereocenters. The van der Waals surface area contributed by atoms with Crippen LogP contribution in [0.1, 0.15) is 16.1 Å². The highest BCUT2D eigenvalue weighted by Crippen LogP contribution is 2.24. The van der Waals surface area contributed by atoms with Crippen molar-refractivity contribution in [3.8, 4) is 0 Å². The van der Waals surface area contributed by atoms with E-state index in [1.165, 1.54) is 30.5 Å². The Balaban J connectivity index is 1.44. The SMILES string of the molecule is O=C(Nc1cccnc1N1CCOCC1)c1ccc(S(=O)(=O)NCc2ccco2)cc1. The minimum atomic E-state index is -3.73. The average molecular weight is 442 g/mol. The summed E-state index contributed by atoms with van der Waals surface area (Å²) in [5.74, 6) is 0.836. The van der Waals surface area contributed by atoms with E-state index in [0.717, 1.165) is 0 Å². The van der Waals surface area contributed by atoms with Crippen LogP contribution >= 0.6 is 0 Å². The molecule has 2 N–H and O–H groups in total. The van der Waals surface area contributed by atoms with Gasteiger partial charge in [-0.15, -0.1) is 0 Å². The molecule has 1 aliphatic heterocycles. The number of nitrogens with one attached hydrogen (secondary N) is 2. The van der Waals surface area contributed by atoms with Crippen molar-refractivity contribution in [1.82, 2.24) is 9.71 Å². The van der Waals surface area contributed by atoms with Crippen molar-refractivity contribution in [3.05, 3.63) is 72.3 Å². The van der Waals surface area contributed by atoms with E-state index in [1.54, 1.807) is 30.5 Å². The van der Waals surface area contributed by atoms with E-state index in [0.29, 0.717) is 49.1 Å². The predicted molar refractivity (Wildman–Crippen MR) is 114 cm³/mol. The van der Waals surface area contributed by atoms with Crippen LogP contribution in [0.3, 0.4) is 0 Å². The molecule has 1 amide bonds. The number of pyridine rings is 1. The van der Waals surface area contributed by atoms with Crippen molar-refractivity contribution < 1.29 is 22.4 Å². The Kier molecular flexibility index (Phi) is 6.31. The second-order valence-corrected chi connectivity index (χ2v) is 8.62. The lowest BCUT2D eigenvalue weighted by Gasteiger charge is -2.29. The number of carbonyl (C=O) groups is 1. The summed E-state index contributed by atoms with van der Waals surface area (Å²) in [5, 5.41) is 2.86. The zero-order valence-corrected chi connectivity index (χ0v) is 17.5. The normalized spacial score (nSPS) is 14.4. The van der Waals surface area contributed by atoms with E-state index < -0.39 is 10.0 Å². The highest BCUT2D eigenvalue weighted by molar-refractivity contribution is 7.89. The lowest BCUT2D eigenvalue weighted by Crippen LogP contribution is -2.37. The van der Waals surface area contributed by atoms with Crippen molar-refractivity contribution in [3.63, 3.8) is 0 Å². The minimum absolute atomic E-state index is 0.0445. The van der Waals surface area contributed by atoms with Crippen molar-refractivity contribution >= 4 is 27.4 Å². The number of anilines is 2. The van der Waals surface area contributed by atoms with Crippen molar-refractivity contribution in [1.29, 1.82) is 0 Å². The maximum Gasteiger partial charge on any atom is 0.255 e. The van der Waals surface area contributed by atoms with Crippen molar-refractivity contribution in [2.24, 2.45) is 0 Å². The van der Waals surface area contributed by atoms with Crippen molar-refractivity contribution in [2.75, 3.05) is 36.5 Å². The second-order valence-electron chi connectivity index (χ2n) is 6.86. The van der Waals surface area contributed by atoms with Gasteiger partial charge in [0.05, 0.1) is 36.6 Å². The Morgan fingerprint density at radius 1 is 1.06 bits per heavy atom. The molecule has 0 aliphatic carbocycles. The number of furan rings is 1. The molecule has 0 saturated carbocycles. The van der Waals surface area contributed by atoms with E-state index >= 15 is 0 Å². The number of rotatable bonds is 7. The number of ether oxygens (including phenoxy) is 1. The highest BCUT2D eigenvalue weighted by Gasteiger charge is 2.19. The Hall–Kier alpha value is -3.21. The summed E-state index contributed by atoms with van der Waals surface area (Å²) in [4.78, 5) is 19.2. The number of aromatic nitrogens is 1. The van der Waals surface area contributed by atoms with Crippen LogP contribution < -0.4 is 14.9 Å². The van der Waals surface area contributed by atoms with Gasteiger partial charge in [0.25, 0.3) is 5.91 Å². The maximum absolute atomic E-state index is 12.7. The summed E-state index contributed by atoms with van der Waals surface area (Å²) >= 11 is 0. The van der Waals surface area contributed by atoms with Gasteiger partial charge in [-0.3, -0.25) is 4.79 Å². The molecule has 3 aromatic rings. The molecule has 10 heteroatoms. The summed E-state index contributed by atoms with van der Waals surface area (Å²) in [7, 11) is -3.73. The molecule has 1 saturated heterocycles. The number of sulfonamides is 1. The molecule has 0 radical (unpaired) electrons. The predicted octanol–water partition coefficient (Wildman–Crippen LogP) is 2.24. The minimum Gasteiger partial charge on any atom is -0.468 e. The van der Waals surface area contributed by atoms with E-state index in [-0.39, 0.29) is 17.3 Å². The van der Waals surface area contributed by atoms with Gasteiger partial charge >= 0.3 is 0 Å². The van der Waals surface area contributed by atoms with Gasteiger partial charge in [0.15, 0.2) is 5.82 Å². The molecule has 31 heavy (non-hydrogen) atoms. The van der Waals surface area contributed by atoms with Crippen LogP contribution in [-0.4, -0.2) is 45.6 Å². The van der Waals surface area contributed by atoms with Gasteiger partial charge in [-0.05, 0) is 48.5 Å². The smallest absolute Gasteiger partial charge is 0.255 e. The standard InChI is InChI=1S/C21H22N4O5S/c26-21(24-19-4-1-9-22-20(19)25-10-13-29-14-11-25)16-5-7-18(8-6-16)31(27,28)23-15-17-3-2-12-30-17/h1-9,12,23H,10-11,13-15H2,(H,24,26). The van der Waals surface area contributed by atoms with E-state index in [9.17, 15) is 13.2 Å².